The second kappa shape index (κ2) is 7.42. The third kappa shape index (κ3) is 4.56. The second-order valence-electron chi connectivity index (χ2n) is 4.85. The van der Waals surface area contributed by atoms with Gasteiger partial charge in [0.2, 0.25) is 0 Å². The van der Waals surface area contributed by atoms with Gasteiger partial charge in [0.15, 0.2) is 0 Å². The lowest BCUT2D eigenvalue weighted by atomic mass is 10.1. The molecule has 0 unspecified atom stereocenters. The fraction of sp³-hybridized carbons (Fsp3) is 0.188. The average molecular weight is 317 g/mol. The molecule has 0 fully saturated rings. The highest BCUT2D eigenvalue weighted by atomic mass is 19.1. The number of nitrogens with zero attached hydrogens (tertiary/aromatic N) is 2. The second-order valence-corrected chi connectivity index (χ2v) is 4.85. The maximum Gasteiger partial charge on any atom is 0.269 e. The van der Waals surface area contributed by atoms with Gasteiger partial charge in [-0.2, -0.15) is 5.26 Å². The molecule has 0 aliphatic carbocycles. The molecule has 2 N–H and O–H groups in total. The number of carbonyl (C=O) groups excluding carboxylic acids is 1. The monoisotopic (exact) mass is 317 g/mol. The molecule has 0 saturated carbocycles. The lowest BCUT2D eigenvalue weighted by Crippen LogP contribution is -2.33. The van der Waals surface area contributed by atoms with Crippen LogP contribution in [0.1, 0.15) is 21.6 Å². The topological polar surface area (TPSA) is 86.0 Å². The zero-order valence-corrected chi connectivity index (χ0v) is 12.0. The molecule has 1 heterocycles. The molecule has 1 aromatic carbocycles. The Labute approximate surface area is 131 Å². The molecule has 0 aliphatic heterocycles. The quantitative estimate of drug-likeness (QED) is 0.876. The zero-order chi connectivity index (χ0) is 16.8. The van der Waals surface area contributed by atoms with Gasteiger partial charge < -0.3 is 10.4 Å². The smallest absolute Gasteiger partial charge is 0.269 e. The number of pyridine rings is 1. The molecule has 0 saturated heterocycles. The molecule has 0 bridgehead atoms. The van der Waals surface area contributed by atoms with E-state index in [-0.39, 0.29) is 24.2 Å². The number of nitriles is 1. The summed E-state index contributed by atoms with van der Waals surface area (Å²) in [5.74, 6) is -1.96. The zero-order valence-electron chi connectivity index (χ0n) is 12.0. The van der Waals surface area contributed by atoms with Crippen LogP contribution in [-0.2, 0) is 6.42 Å². The largest absolute Gasteiger partial charge is 0.391 e. The Morgan fingerprint density at radius 1 is 1.35 bits per heavy atom. The van der Waals surface area contributed by atoms with Crippen LogP contribution in [0, 0.1) is 23.0 Å². The van der Waals surface area contributed by atoms with E-state index >= 15 is 0 Å². The van der Waals surface area contributed by atoms with E-state index in [0.717, 1.165) is 12.1 Å². The van der Waals surface area contributed by atoms with Crippen molar-refractivity contribution in [2.75, 3.05) is 6.54 Å². The highest BCUT2D eigenvalue weighted by Gasteiger charge is 2.13. The van der Waals surface area contributed by atoms with Crippen LogP contribution in [0.5, 0.6) is 0 Å². The number of aliphatic hydroxyl groups is 1. The first kappa shape index (κ1) is 16.5. The number of carbonyl (C=O) groups is 1. The number of hydrogen-bond donors (Lipinski definition) is 2. The highest BCUT2D eigenvalue weighted by Crippen LogP contribution is 2.11. The summed E-state index contributed by atoms with van der Waals surface area (Å²) in [6.45, 7) is -0.114. The van der Waals surface area contributed by atoms with E-state index in [2.05, 4.69) is 10.3 Å². The van der Waals surface area contributed by atoms with Gasteiger partial charge >= 0.3 is 0 Å². The minimum atomic E-state index is -1.03. The van der Waals surface area contributed by atoms with E-state index in [9.17, 15) is 18.7 Å². The molecule has 2 aromatic rings. The van der Waals surface area contributed by atoms with Crippen LogP contribution < -0.4 is 5.32 Å². The van der Waals surface area contributed by atoms with Gasteiger partial charge in [-0.25, -0.2) is 13.8 Å². The summed E-state index contributed by atoms with van der Waals surface area (Å²) in [5.41, 5.74) is 0.585. The van der Waals surface area contributed by atoms with Gasteiger partial charge in [-0.05, 0) is 23.8 Å². The van der Waals surface area contributed by atoms with Crippen molar-refractivity contribution in [3.63, 3.8) is 0 Å². The van der Waals surface area contributed by atoms with Crippen molar-refractivity contribution in [2.45, 2.75) is 12.5 Å². The minimum Gasteiger partial charge on any atom is -0.391 e. The molecule has 7 heteroatoms. The SMILES string of the molecule is N#Cc1ccc(C(=O)NC[C@H](O)Cc2ccc(F)cc2F)nc1. The van der Waals surface area contributed by atoms with Gasteiger partial charge in [0, 0.05) is 25.2 Å². The van der Waals surface area contributed by atoms with Crippen LogP contribution in [0.2, 0.25) is 0 Å². The van der Waals surface area contributed by atoms with Gasteiger partial charge in [0.05, 0.1) is 11.7 Å². The van der Waals surface area contributed by atoms with E-state index in [1.807, 2.05) is 6.07 Å². The van der Waals surface area contributed by atoms with Crippen LogP contribution in [-0.4, -0.2) is 28.6 Å². The van der Waals surface area contributed by atoms with Crippen molar-refractivity contribution in [2.24, 2.45) is 0 Å². The number of amides is 1. The van der Waals surface area contributed by atoms with Crippen molar-refractivity contribution < 1.29 is 18.7 Å². The minimum absolute atomic E-state index is 0.0623. The standard InChI is InChI=1S/C16H13F2N3O2/c17-12-3-2-11(14(18)6-12)5-13(22)9-21-16(23)15-4-1-10(7-19)8-20-15/h1-4,6,8,13,22H,5,9H2,(H,21,23)/t13-/m1/s1. The molecular weight excluding hydrogens is 304 g/mol. The number of aliphatic hydroxyl groups excluding tert-OH is 1. The fourth-order valence-electron chi connectivity index (χ4n) is 1.91. The summed E-state index contributed by atoms with van der Waals surface area (Å²) in [4.78, 5) is 15.6. The number of benzene rings is 1. The maximum absolute atomic E-state index is 13.5. The van der Waals surface area contributed by atoms with E-state index in [0.29, 0.717) is 5.56 Å². The van der Waals surface area contributed by atoms with Gasteiger partial charge in [-0.15, -0.1) is 0 Å². The molecule has 23 heavy (non-hydrogen) atoms. The van der Waals surface area contributed by atoms with Crippen molar-refractivity contribution in [3.05, 3.63) is 65.0 Å². The van der Waals surface area contributed by atoms with Gasteiger partial charge in [0.1, 0.15) is 23.4 Å². The van der Waals surface area contributed by atoms with E-state index in [4.69, 9.17) is 5.26 Å². The van der Waals surface area contributed by atoms with Crippen LogP contribution >= 0.6 is 0 Å². The molecule has 118 valence electrons. The fourth-order valence-corrected chi connectivity index (χ4v) is 1.91. The maximum atomic E-state index is 13.5. The van der Waals surface area contributed by atoms with E-state index in [1.165, 1.54) is 24.4 Å². The lowest BCUT2D eigenvalue weighted by Gasteiger charge is -2.12. The van der Waals surface area contributed by atoms with Crippen LogP contribution in [0.4, 0.5) is 8.78 Å². The van der Waals surface area contributed by atoms with Crippen molar-refractivity contribution >= 4 is 5.91 Å². The van der Waals surface area contributed by atoms with Gasteiger partial charge in [-0.1, -0.05) is 6.07 Å². The Morgan fingerprint density at radius 2 is 2.13 bits per heavy atom. The average Bonchev–Trinajstić information content (AvgIpc) is 2.55. The predicted octanol–water partition coefficient (Wildman–Crippen LogP) is 1.56. The summed E-state index contributed by atoms with van der Waals surface area (Å²) < 4.78 is 26.3. The summed E-state index contributed by atoms with van der Waals surface area (Å²) in [5, 5.41) is 20.9. The van der Waals surface area contributed by atoms with Crippen molar-refractivity contribution in [1.29, 1.82) is 5.26 Å². The Morgan fingerprint density at radius 3 is 2.74 bits per heavy atom. The van der Waals surface area contributed by atoms with E-state index in [1.54, 1.807) is 0 Å². The molecule has 5 nitrogen and oxygen atoms in total. The summed E-state index contributed by atoms with van der Waals surface area (Å²) >= 11 is 0. The first-order valence-corrected chi connectivity index (χ1v) is 6.76. The Bertz CT molecular complexity index is 742. The molecule has 1 aromatic heterocycles. The third-order valence-corrected chi connectivity index (χ3v) is 3.09. The Kier molecular flexibility index (Phi) is 5.33. The normalized spacial score (nSPS) is 11.6. The first-order valence-electron chi connectivity index (χ1n) is 6.76. The van der Waals surface area contributed by atoms with Crippen LogP contribution in [0.15, 0.2) is 36.5 Å². The van der Waals surface area contributed by atoms with Gasteiger partial charge in [-0.3, -0.25) is 4.79 Å². The molecule has 1 amide bonds. The van der Waals surface area contributed by atoms with Gasteiger partial charge in [0.25, 0.3) is 5.91 Å². The number of halogens is 2. The molecule has 2 rings (SSSR count). The predicted molar refractivity (Wildman–Crippen MR) is 77.4 cm³/mol. The Balaban J connectivity index is 1.89. The first-order chi connectivity index (χ1) is 11.0. The molecule has 1 atom stereocenters. The van der Waals surface area contributed by atoms with E-state index < -0.39 is 23.6 Å². The highest BCUT2D eigenvalue weighted by molar-refractivity contribution is 5.92. The molecule has 0 radical (unpaired) electrons. The van der Waals surface area contributed by atoms with Crippen LogP contribution in [0.3, 0.4) is 0 Å². The number of aromatic nitrogens is 1. The number of rotatable bonds is 5. The lowest BCUT2D eigenvalue weighted by molar-refractivity contribution is 0.0910. The number of hydrogen-bond acceptors (Lipinski definition) is 4. The number of nitrogens with one attached hydrogen (secondary N) is 1. The third-order valence-electron chi connectivity index (χ3n) is 3.09. The summed E-state index contributed by atoms with van der Waals surface area (Å²) in [6.07, 6.45) is 0.171. The molecular formula is C16H13F2N3O2. The Hall–Kier alpha value is -2.85. The van der Waals surface area contributed by atoms with Crippen molar-refractivity contribution in [3.8, 4) is 6.07 Å². The molecule has 0 aliphatic rings. The molecule has 0 spiro atoms. The summed E-state index contributed by atoms with van der Waals surface area (Å²) in [6, 6.07) is 7.81. The summed E-state index contributed by atoms with van der Waals surface area (Å²) in [7, 11) is 0. The van der Waals surface area contributed by atoms with Crippen molar-refractivity contribution in [1.82, 2.24) is 10.3 Å². The van der Waals surface area contributed by atoms with Crippen LogP contribution in [0.25, 0.3) is 0 Å².